The molecule has 0 aliphatic rings. The highest BCUT2D eigenvalue weighted by Gasteiger charge is 2.19. The summed E-state index contributed by atoms with van der Waals surface area (Å²) in [4.78, 5) is 11.5. The Morgan fingerprint density at radius 2 is 1.85 bits per heavy atom. The van der Waals surface area contributed by atoms with Crippen molar-refractivity contribution < 1.29 is 33.2 Å². The van der Waals surface area contributed by atoms with Crippen LogP contribution in [0, 0.1) is 5.82 Å². The fourth-order valence-corrected chi connectivity index (χ4v) is 2.45. The molecule has 2 N–H and O–H groups in total. The van der Waals surface area contributed by atoms with Crippen LogP contribution in [0.4, 0.5) is 10.1 Å². The quantitative estimate of drug-likeness (QED) is 0.613. The van der Waals surface area contributed by atoms with Gasteiger partial charge in [-0.2, -0.15) is 0 Å². The molecule has 0 amide bonds. The smallest absolute Gasteiger partial charge is 0.340 e. The van der Waals surface area contributed by atoms with E-state index in [1.54, 1.807) is 25.3 Å². The van der Waals surface area contributed by atoms with Gasteiger partial charge in [0, 0.05) is 37.4 Å². The average Bonchev–Trinajstić information content (AvgIpc) is 2.65. The Hall–Kier alpha value is -3.00. The van der Waals surface area contributed by atoms with Crippen molar-refractivity contribution in [2.24, 2.45) is 0 Å². The van der Waals surface area contributed by atoms with E-state index < -0.39 is 17.3 Å². The fraction of sp³-hybridized carbons (Fsp3) is 0.316. The highest BCUT2D eigenvalue weighted by Crippen LogP contribution is 2.29. The molecule has 8 heteroatoms. The lowest BCUT2D eigenvalue weighted by Gasteiger charge is -2.15. The van der Waals surface area contributed by atoms with Gasteiger partial charge in [-0.15, -0.1) is 0 Å². The highest BCUT2D eigenvalue weighted by atomic mass is 19.1. The first-order valence-electron chi connectivity index (χ1n) is 8.13. The van der Waals surface area contributed by atoms with Crippen molar-refractivity contribution in [3.63, 3.8) is 0 Å². The Morgan fingerprint density at radius 1 is 1.07 bits per heavy atom. The van der Waals surface area contributed by atoms with Gasteiger partial charge in [-0.25, -0.2) is 9.18 Å². The number of nitrogens with one attached hydrogen (secondary N) is 1. The second-order valence-electron chi connectivity index (χ2n) is 5.51. The van der Waals surface area contributed by atoms with Crippen LogP contribution >= 0.6 is 0 Å². The van der Waals surface area contributed by atoms with Crippen LogP contribution in [0.2, 0.25) is 0 Å². The summed E-state index contributed by atoms with van der Waals surface area (Å²) in [5, 5.41) is 12.3. The third-order valence-corrected chi connectivity index (χ3v) is 3.80. The largest absolute Gasteiger partial charge is 0.497 e. The molecule has 0 bridgehead atoms. The Kier molecular flexibility index (Phi) is 7.25. The maximum absolute atomic E-state index is 14.3. The molecule has 2 rings (SSSR count). The minimum absolute atomic E-state index is 0.104. The molecule has 0 aromatic heterocycles. The van der Waals surface area contributed by atoms with Gasteiger partial charge in [-0.05, 0) is 12.1 Å². The first-order chi connectivity index (χ1) is 13.0. The van der Waals surface area contributed by atoms with E-state index in [9.17, 15) is 14.3 Å². The van der Waals surface area contributed by atoms with Gasteiger partial charge in [0.05, 0.1) is 26.5 Å². The number of halogens is 1. The van der Waals surface area contributed by atoms with E-state index in [1.165, 1.54) is 20.3 Å². The molecule has 2 aromatic carbocycles. The predicted molar refractivity (Wildman–Crippen MR) is 97.6 cm³/mol. The molecule has 0 saturated heterocycles. The molecule has 0 unspecified atom stereocenters. The first-order valence-corrected chi connectivity index (χ1v) is 8.13. The van der Waals surface area contributed by atoms with Crippen LogP contribution in [-0.2, 0) is 11.3 Å². The summed E-state index contributed by atoms with van der Waals surface area (Å²) in [5.74, 6) is -0.867. The van der Waals surface area contributed by atoms with Crippen molar-refractivity contribution in [1.29, 1.82) is 0 Å². The number of hydrogen-bond donors (Lipinski definition) is 2. The van der Waals surface area contributed by atoms with Gasteiger partial charge < -0.3 is 29.4 Å². The van der Waals surface area contributed by atoms with E-state index in [-0.39, 0.29) is 24.6 Å². The van der Waals surface area contributed by atoms with E-state index in [2.05, 4.69) is 5.32 Å². The number of anilines is 1. The monoisotopic (exact) mass is 379 g/mol. The van der Waals surface area contributed by atoms with Crippen molar-refractivity contribution in [3.05, 3.63) is 47.3 Å². The molecule has 0 aliphatic heterocycles. The van der Waals surface area contributed by atoms with E-state index in [0.29, 0.717) is 18.1 Å². The molecular weight excluding hydrogens is 357 g/mol. The van der Waals surface area contributed by atoms with Crippen molar-refractivity contribution in [1.82, 2.24) is 0 Å². The predicted octanol–water partition coefficient (Wildman–Crippen LogP) is 3.18. The summed E-state index contributed by atoms with van der Waals surface area (Å²) in [6.45, 7) is 0.761. The number of methoxy groups -OCH3 is 3. The molecule has 2 aromatic rings. The SMILES string of the molecule is COCCOc1cc(F)c(C(=O)O)c(NCc2ccc(OC)cc2OC)c1. The maximum Gasteiger partial charge on any atom is 0.340 e. The Bertz CT molecular complexity index is 796. The zero-order chi connectivity index (χ0) is 19.8. The zero-order valence-electron chi connectivity index (χ0n) is 15.4. The van der Waals surface area contributed by atoms with E-state index in [1.807, 2.05) is 0 Å². The second kappa shape index (κ2) is 9.63. The van der Waals surface area contributed by atoms with E-state index in [0.717, 1.165) is 11.6 Å². The number of carboxylic acid groups (broad SMARTS) is 1. The third-order valence-electron chi connectivity index (χ3n) is 3.80. The lowest BCUT2D eigenvalue weighted by Crippen LogP contribution is -2.11. The molecule has 0 heterocycles. The molecule has 0 radical (unpaired) electrons. The molecule has 0 spiro atoms. The standard InChI is InChI=1S/C19H22FNO6/c1-24-6-7-27-14-8-15(20)18(19(22)23)16(9-14)21-11-12-4-5-13(25-2)10-17(12)26-3/h4-5,8-10,21H,6-7,11H2,1-3H3,(H,22,23). The topological polar surface area (TPSA) is 86.3 Å². The molecule has 146 valence electrons. The maximum atomic E-state index is 14.3. The minimum atomic E-state index is -1.37. The number of carbonyl (C=O) groups is 1. The van der Waals surface area contributed by atoms with Gasteiger partial charge in [-0.3, -0.25) is 0 Å². The molecular formula is C19H22FNO6. The van der Waals surface area contributed by atoms with Gasteiger partial charge >= 0.3 is 5.97 Å². The molecule has 0 atom stereocenters. The van der Waals surface area contributed by atoms with Crippen molar-refractivity contribution in [2.45, 2.75) is 6.54 Å². The summed E-state index contributed by atoms with van der Waals surface area (Å²) in [6.07, 6.45) is 0. The van der Waals surface area contributed by atoms with Gasteiger partial charge in [-0.1, -0.05) is 0 Å². The summed E-state index contributed by atoms with van der Waals surface area (Å²) in [7, 11) is 4.58. The Labute approximate surface area is 156 Å². The summed E-state index contributed by atoms with van der Waals surface area (Å²) >= 11 is 0. The number of rotatable bonds is 10. The first kappa shape index (κ1) is 20.3. The van der Waals surface area contributed by atoms with Crippen LogP contribution in [-0.4, -0.2) is 45.6 Å². The molecule has 7 nitrogen and oxygen atoms in total. The highest BCUT2D eigenvalue weighted by molar-refractivity contribution is 5.95. The van der Waals surface area contributed by atoms with Crippen LogP contribution < -0.4 is 19.5 Å². The van der Waals surface area contributed by atoms with E-state index in [4.69, 9.17) is 18.9 Å². The Balaban J connectivity index is 2.27. The van der Waals surface area contributed by atoms with Gasteiger partial charge in [0.25, 0.3) is 0 Å². The molecule has 0 fully saturated rings. The van der Waals surface area contributed by atoms with Crippen molar-refractivity contribution in [3.8, 4) is 17.2 Å². The minimum Gasteiger partial charge on any atom is -0.497 e. The van der Waals surface area contributed by atoms with Crippen LogP contribution in [0.3, 0.4) is 0 Å². The summed E-state index contributed by atoms with van der Waals surface area (Å²) in [5.41, 5.74) is 0.398. The summed E-state index contributed by atoms with van der Waals surface area (Å²) in [6, 6.07) is 7.72. The lowest BCUT2D eigenvalue weighted by atomic mass is 10.1. The number of ether oxygens (including phenoxy) is 4. The lowest BCUT2D eigenvalue weighted by molar-refractivity contribution is 0.0693. The fourth-order valence-electron chi connectivity index (χ4n) is 2.45. The number of aromatic carboxylic acids is 1. The van der Waals surface area contributed by atoms with Gasteiger partial charge in [0.15, 0.2) is 0 Å². The second-order valence-corrected chi connectivity index (χ2v) is 5.51. The molecule has 27 heavy (non-hydrogen) atoms. The van der Waals surface area contributed by atoms with E-state index >= 15 is 0 Å². The number of carboxylic acids is 1. The Morgan fingerprint density at radius 3 is 2.48 bits per heavy atom. The van der Waals surface area contributed by atoms with Crippen LogP contribution in [0.15, 0.2) is 30.3 Å². The molecule has 0 aliphatic carbocycles. The zero-order valence-corrected chi connectivity index (χ0v) is 15.4. The van der Waals surface area contributed by atoms with Gasteiger partial charge in [0.1, 0.15) is 35.2 Å². The molecule has 0 saturated carbocycles. The van der Waals surface area contributed by atoms with Crippen LogP contribution in [0.5, 0.6) is 17.2 Å². The van der Waals surface area contributed by atoms with Gasteiger partial charge in [0.2, 0.25) is 0 Å². The average molecular weight is 379 g/mol. The number of benzene rings is 2. The van der Waals surface area contributed by atoms with Crippen LogP contribution in [0.25, 0.3) is 0 Å². The van der Waals surface area contributed by atoms with Crippen molar-refractivity contribution >= 4 is 11.7 Å². The number of hydrogen-bond acceptors (Lipinski definition) is 6. The van der Waals surface area contributed by atoms with Crippen LogP contribution in [0.1, 0.15) is 15.9 Å². The normalized spacial score (nSPS) is 10.4. The summed E-state index contributed by atoms with van der Waals surface area (Å²) < 4.78 is 35.0. The third kappa shape index (κ3) is 5.24. The van der Waals surface area contributed by atoms with Crippen molar-refractivity contribution in [2.75, 3.05) is 39.9 Å².